The first-order valence-corrected chi connectivity index (χ1v) is 5.50. The van der Waals surface area contributed by atoms with Gasteiger partial charge in [-0.05, 0) is 24.3 Å². The Morgan fingerprint density at radius 1 is 1.35 bits per heavy atom. The van der Waals surface area contributed by atoms with Gasteiger partial charge in [0.15, 0.2) is 0 Å². The molecule has 1 N–H and O–H groups in total. The number of benzene rings is 1. The molecule has 17 heavy (non-hydrogen) atoms. The second-order valence-electron chi connectivity index (χ2n) is 3.54. The molecule has 1 atom stereocenters. The van der Waals surface area contributed by atoms with Gasteiger partial charge in [0.2, 0.25) is 0 Å². The molecule has 2 aromatic rings. The second kappa shape index (κ2) is 5.65. The van der Waals surface area contributed by atoms with Crippen molar-refractivity contribution in [3.05, 3.63) is 41.9 Å². The number of ether oxygens (including phenoxy) is 1. The minimum absolute atomic E-state index is 0.196. The third-order valence-corrected chi connectivity index (χ3v) is 2.37. The average molecular weight is 254 g/mol. The van der Waals surface area contributed by atoms with Gasteiger partial charge in [-0.1, -0.05) is 11.6 Å². The van der Waals surface area contributed by atoms with Gasteiger partial charge in [-0.3, -0.25) is 4.68 Å². The molecule has 0 amide bonds. The number of rotatable bonds is 5. The number of hydrogen-bond acceptors (Lipinski definition) is 4. The molecule has 0 aliphatic heterocycles. The van der Waals surface area contributed by atoms with Crippen LogP contribution in [-0.2, 0) is 6.54 Å². The summed E-state index contributed by atoms with van der Waals surface area (Å²) in [5.74, 6) is 0.673. The summed E-state index contributed by atoms with van der Waals surface area (Å²) in [6.07, 6.45) is 2.34. The van der Waals surface area contributed by atoms with Crippen molar-refractivity contribution in [2.75, 3.05) is 6.61 Å². The monoisotopic (exact) mass is 253 g/mol. The van der Waals surface area contributed by atoms with Gasteiger partial charge in [0, 0.05) is 5.02 Å². The fraction of sp³-hybridized carbons (Fsp3) is 0.273. The topological polar surface area (TPSA) is 60.2 Å². The van der Waals surface area contributed by atoms with E-state index in [1.807, 2.05) is 0 Å². The quantitative estimate of drug-likeness (QED) is 0.874. The van der Waals surface area contributed by atoms with Gasteiger partial charge in [0.1, 0.15) is 31.1 Å². The third-order valence-electron chi connectivity index (χ3n) is 2.12. The fourth-order valence-electron chi connectivity index (χ4n) is 1.32. The molecular formula is C11H12ClN3O2. The van der Waals surface area contributed by atoms with E-state index in [1.165, 1.54) is 6.33 Å². The minimum atomic E-state index is -0.632. The van der Waals surface area contributed by atoms with Crippen molar-refractivity contribution < 1.29 is 9.84 Å². The van der Waals surface area contributed by atoms with Crippen LogP contribution in [0.2, 0.25) is 5.02 Å². The van der Waals surface area contributed by atoms with Gasteiger partial charge >= 0.3 is 0 Å². The van der Waals surface area contributed by atoms with Crippen molar-refractivity contribution in [3.8, 4) is 5.75 Å². The average Bonchev–Trinajstić information content (AvgIpc) is 2.81. The highest BCUT2D eigenvalue weighted by Gasteiger charge is 2.06. The molecule has 0 saturated heterocycles. The maximum Gasteiger partial charge on any atom is 0.137 e. The highest BCUT2D eigenvalue weighted by molar-refractivity contribution is 6.30. The van der Waals surface area contributed by atoms with Crippen LogP contribution in [0.3, 0.4) is 0 Å². The number of nitrogens with zero attached hydrogens (tertiary/aromatic N) is 3. The van der Waals surface area contributed by atoms with Crippen molar-refractivity contribution in [2.24, 2.45) is 0 Å². The summed E-state index contributed by atoms with van der Waals surface area (Å²) in [7, 11) is 0. The van der Waals surface area contributed by atoms with E-state index in [-0.39, 0.29) is 6.61 Å². The second-order valence-corrected chi connectivity index (χ2v) is 3.97. The predicted octanol–water partition coefficient (Wildman–Crippen LogP) is 1.37. The summed E-state index contributed by atoms with van der Waals surface area (Å²) in [6, 6.07) is 6.98. The van der Waals surface area contributed by atoms with Crippen molar-refractivity contribution in [2.45, 2.75) is 12.6 Å². The van der Waals surface area contributed by atoms with Crippen LogP contribution >= 0.6 is 11.6 Å². The Morgan fingerprint density at radius 2 is 2.12 bits per heavy atom. The van der Waals surface area contributed by atoms with Crippen LogP contribution in [0.4, 0.5) is 0 Å². The molecule has 2 rings (SSSR count). The Kier molecular flexibility index (Phi) is 3.95. The van der Waals surface area contributed by atoms with E-state index in [0.717, 1.165) is 0 Å². The van der Waals surface area contributed by atoms with Crippen LogP contribution in [0.25, 0.3) is 0 Å². The van der Waals surface area contributed by atoms with Crippen molar-refractivity contribution in [1.29, 1.82) is 0 Å². The first-order valence-electron chi connectivity index (χ1n) is 5.13. The Bertz CT molecular complexity index is 444. The van der Waals surface area contributed by atoms with Crippen LogP contribution < -0.4 is 4.74 Å². The SMILES string of the molecule is OC(COc1ccc(Cl)cc1)Cn1cncn1. The lowest BCUT2D eigenvalue weighted by Gasteiger charge is -2.12. The maximum absolute atomic E-state index is 9.70. The highest BCUT2D eigenvalue weighted by Crippen LogP contribution is 2.15. The number of aromatic nitrogens is 3. The Morgan fingerprint density at radius 3 is 2.76 bits per heavy atom. The van der Waals surface area contributed by atoms with Crippen molar-refractivity contribution in [1.82, 2.24) is 14.8 Å². The normalized spacial score (nSPS) is 12.4. The van der Waals surface area contributed by atoms with Crippen molar-refractivity contribution in [3.63, 3.8) is 0 Å². The van der Waals surface area contributed by atoms with E-state index in [0.29, 0.717) is 17.3 Å². The molecule has 0 bridgehead atoms. The molecule has 0 aliphatic carbocycles. The predicted molar refractivity (Wildman–Crippen MR) is 63.0 cm³/mol. The van der Waals surface area contributed by atoms with Crippen molar-refractivity contribution >= 4 is 11.6 Å². The smallest absolute Gasteiger partial charge is 0.137 e. The summed E-state index contributed by atoms with van der Waals surface area (Å²) in [6.45, 7) is 0.551. The molecule has 0 radical (unpaired) electrons. The van der Waals surface area contributed by atoms with Gasteiger partial charge in [0.25, 0.3) is 0 Å². The first kappa shape index (κ1) is 11.9. The zero-order chi connectivity index (χ0) is 12.1. The van der Waals surface area contributed by atoms with Gasteiger partial charge in [-0.2, -0.15) is 5.10 Å². The van der Waals surface area contributed by atoms with Gasteiger partial charge in [-0.25, -0.2) is 4.98 Å². The largest absolute Gasteiger partial charge is 0.491 e. The molecule has 1 unspecified atom stereocenters. The molecule has 90 valence electrons. The molecule has 0 saturated carbocycles. The molecular weight excluding hydrogens is 242 g/mol. The first-order chi connectivity index (χ1) is 8.24. The van der Waals surface area contributed by atoms with Gasteiger partial charge in [-0.15, -0.1) is 0 Å². The molecule has 1 heterocycles. The van der Waals surface area contributed by atoms with E-state index in [9.17, 15) is 5.11 Å². The van der Waals surface area contributed by atoms with Crippen LogP contribution in [0.5, 0.6) is 5.75 Å². The zero-order valence-corrected chi connectivity index (χ0v) is 9.79. The van der Waals surface area contributed by atoms with E-state index in [1.54, 1.807) is 35.3 Å². The summed E-state index contributed by atoms with van der Waals surface area (Å²) >= 11 is 5.75. The lowest BCUT2D eigenvalue weighted by molar-refractivity contribution is 0.0892. The standard InChI is InChI=1S/C11H12ClN3O2/c12-9-1-3-11(4-2-9)17-6-10(16)5-15-8-13-7-14-15/h1-4,7-8,10,16H,5-6H2. The lowest BCUT2D eigenvalue weighted by Crippen LogP contribution is -2.23. The zero-order valence-electron chi connectivity index (χ0n) is 9.03. The lowest BCUT2D eigenvalue weighted by atomic mass is 10.3. The fourth-order valence-corrected chi connectivity index (χ4v) is 1.44. The summed E-state index contributed by atoms with van der Waals surface area (Å²) < 4.78 is 6.95. The van der Waals surface area contributed by atoms with Gasteiger partial charge in [0.05, 0.1) is 6.54 Å². The minimum Gasteiger partial charge on any atom is -0.491 e. The van der Waals surface area contributed by atoms with E-state index in [4.69, 9.17) is 16.3 Å². The number of hydrogen-bond donors (Lipinski definition) is 1. The molecule has 0 fully saturated rings. The highest BCUT2D eigenvalue weighted by atomic mass is 35.5. The number of aliphatic hydroxyl groups is 1. The van der Waals surface area contributed by atoms with Crippen LogP contribution in [0, 0.1) is 0 Å². The summed E-state index contributed by atoms with van der Waals surface area (Å²) in [5, 5.41) is 14.2. The Hall–Kier alpha value is -1.59. The number of aliphatic hydroxyl groups excluding tert-OH is 1. The molecule has 5 nitrogen and oxygen atoms in total. The maximum atomic E-state index is 9.70. The molecule has 6 heteroatoms. The third kappa shape index (κ3) is 3.72. The molecule has 1 aromatic heterocycles. The van der Waals surface area contributed by atoms with E-state index < -0.39 is 6.10 Å². The molecule has 0 aliphatic rings. The van der Waals surface area contributed by atoms with Crippen LogP contribution in [-0.4, -0.2) is 32.6 Å². The Balaban J connectivity index is 1.79. The summed E-state index contributed by atoms with van der Waals surface area (Å²) in [5.41, 5.74) is 0. The number of halogens is 1. The van der Waals surface area contributed by atoms with E-state index >= 15 is 0 Å². The van der Waals surface area contributed by atoms with Gasteiger partial charge < -0.3 is 9.84 Å². The Labute approximate surface area is 104 Å². The summed E-state index contributed by atoms with van der Waals surface area (Å²) in [4.78, 5) is 3.79. The van der Waals surface area contributed by atoms with E-state index in [2.05, 4.69) is 10.1 Å². The molecule has 1 aromatic carbocycles. The molecule has 0 spiro atoms. The van der Waals surface area contributed by atoms with Crippen LogP contribution in [0.15, 0.2) is 36.9 Å². The van der Waals surface area contributed by atoms with Crippen LogP contribution in [0.1, 0.15) is 0 Å².